The summed E-state index contributed by atoms with van der Waals surface area (Å²) >= 11 is 0. The fourth-order valence-electron chi connectivity index (χ4n) is 1.37. The third kappa shape index (κ3) is 2.36. The van der Waals surface area contributed by atoms with Crippen LogP contribution in [0.1, 0.15) is 13.8 Å². The standard InChI is InChI=1S/C8H16N6O/c1-3-13-5-6(11-12-7(9)10)14(4-2)8(13)15/h3-5H2,1-2H3,(H4,9,10,12)/b11-6+. The van der Waals surface area contributed by atoms with Crippen molar-refractivity contribution < 1.29 is 4.79 Å². The summed E-state index contributed by atoms with van der Waals surface area (Å²) in [7, 11) is 0. The van der Waals surface area contributed by atoms with E-state index in [-0.39, 0.29) is 12.0 Å². The highest BCUT2D eigenvalue weighted by Crippen LogP contribution is 2.10. The van der Waals surface area contributed by atoms with Gasteiger partial charge in [-0.15, -0.1) is 10.2 Å². The predicted molar refractivity (Wildman–Crippen MR) is 58.3 cm³/mol. The molecule has 0 spiro atoms. The molecule has 0 bridgehead atoms. The third-order valence-corrected chi connectivity index (χ3v) is 2.12. The summed E-state index contributed by atoms with van der Waals surface area (Å²) in [5.74, 6) is 0.471. The van der Waals surface area contributed by atoms with Crippen LogP contribution < -0.4 is 11.5 Å². The van der Waals surface area contributed by atoms with Crippen LogP contribution >= 0.6 is 0 Å². The third-order valence-electron chi connectivity index (χ3n) is 2.12. The molecule has 0 aromatic rings. The highest BCUT2D eigenvalue weighted by atomic mass is 16.2. The molecule has 1 aliphatic heterocycles. The molecule has 15 heavy (non-hydrogen) atoms. The Kier molecular flexibility index (Phi) is 3.48. The SMILES string of the molecule is CCN1C/C(=N\N=C(N)N)N(CC)C1=O. The van der Waals surface area contributed by atoms with E-state index in [9.17, 15) is 4.79 Å². The quantitative estimate of drug-likeness (QED) is 0.369. The second kappa shape index (κ2) is 4.63. The van der Waals surface area contributed by atoms with E-state index in [2.05, 4.69) is 10.2 Å². The molecule has 0 atom stereocenters. The molecule has 4 N–H and O–H groups in total. The van der Waals surface area contributed by atoms with Crippen LogP contribution in [0, 0.1) is 0 Å². The largest absolute Gasteiger partial charge is 0.369 e. The average Bonchev–Trinajstić information content (AvgIpc) is 2.51. The average molecular weight is 212 g/mol. The number of carbonyl (C=O) groups is 1. The number of nitrogens with two attached hydrogens (primary N) is 2. The lowest BCUT2D eigenvalue weighted by atomic mass is 10.5. The number of nitrogens with zero attached hydrogens (tertiary/aromatic N) is 4. The van der Waals surface area contributed by atoms with E-state index in [4.69, 9.17) is 11.5 Å². The van der Waals surface area contributed by atoms with Crippen molar-refractivity contribution in [2.45, 2.75) is 13.8 Å². The molecule has 0 aliphatic carbocycles. The molecule has 1 fully saturated rings. The van der Waals surface area contributed by atoms with Crippen molar-refractivity contribution in [1.82, 2.24) is 9.80 Å². The normalized spacial score (nSPS) is 18.8. The van der Waals surface area contributed by atoms with Gasteiger partial charge in [0.1, 0.15) is 0 Å². The van der Waals surface area contributed by atoms with E-state index in [1.807, 2.05) is 13.8 Å². The first-order valence-electron chi connectivity index (χ1n) is 4.82. The van der Waals surface area contributed by atoms with Gasteiger partial charge in [-0.3, -0.25) is 4.90 Å². The number of guanidine groups is 1. The van der Waals surface area contributed by atoms with Gasteiger partial charge in [0.25, 0.3) is 0 Å². The zero-order valence-corrected chi connectivity index (χ0v) is 8.97. The molecular weight excluding hydrogens is 196 g/mol. The van der Waals surface area contributed by atoms with E-state index in [1.54, 1.807) is 9.80 Å². The minimum absolute atomic E-state index is 0.0513. The van der Waals surface area contributed by atoms with Gasteiger partial charge in [0.05, 0.1) is 6.54 Å². The van der Waals surface area contributed by atoms with Crippen molar-refractivity contribution in [2.75, 3.05) is 19.6 Å². The molecule has 1 rings (SSSR count). The molecule has 0 aromatic carbocycles. The number of hydrogen-bond donors (Lipinski definition) is 2. The topological polar surface area (TPSA) is 100 Å². The van der Waals surface area contributed by atoms with Gasteiger partial charge in [0.2, 0.25) is 5.96 Å². The highest BCUT2D eigenvalue weighted by Gasteiger charge is 2.32. The summed E-state index contributed by atoms with van der Waals surface area (Å²) < 4.78 is 0. The van der Waals surface area contributed by atoms with Crippen molar-refractivity contribution >= 4 is 17.8 Å². The summed E-state index contributed by atoms with van der Waals surface area (Å²) in [6.45, 7) is 5.46. The molecule has 1 heterocycles. The minimum Gasteiger partial charge on any atom is -0.369 e. The summed E-state index contributed by atoms with van der Waals surface area (Å²) in [6, 6.07) is -0.0513. The molecule has 7 nitrogen and oxygen atoms in total. The zero-order valence-electron chi connectivity index (χ0n) is 8.97. The minimum atomic E-state index is -0.110. The first-order chi connectivity index (χ1) is 7.10. The van der Waals surface area contributed by atoms with Gasteiger partial charge in [-0.05, 0) is 13.8 Å². The molecule has 0 saturated carbocycles. The number of amides is 2. The van der Waals surface area contributed by atoms with Crippen LogP contribution in [-0.2, 0) is 0 Å². The molecule has 1 saturated heterocycles. The Morgan fingerprint density at radius 1 is 1.40 bits per heavy atom. The fraction of sp³-hybridized carbons (Fsp3) is 0.625. The van der Waals surface area contributed by atoms with Crippen molar-refractivity contribution in [3.8, 4) is 0 Å². The van der Waals surface area contributed by atoms with Crippen molar-refractivity contribution in [2.24, 2.45) is 21.7 Å². The van der Waals surface area contributed by atoms with E-state index < -0.39 is 0 Å². The van der Waals surface area contributed by atoms with Gasteiger partial charge in [0, 0.05) is 13.1 Å². The van der Waals surface area contributed by atoms with E-state index in [0.29, 0.717) is 25.5 Å². The Labute approximate surface area is 88.4 Å². The van der Waals surface area contributed by atoms with Crippen LogP contribution in [0.25, 0.3) is 0 Å². The molecule has 0 radical (unpaired) electrons. The van der Waals surface area contributed by atoms with Gasteiger partial charge in [-0.2, -0.15) is 0 Å². The Bertz CT molecular complexity index is 306. The maximum Gasteiger partial charge on any atom is 0.325 e. The number of likely N-dealkylation sites (N-methyl/N-ethyl adjacent to an activating group) is 2. The van der Waals surface area contributed by atoms with E-state index >= 15 is 0 Å². The second-order valence-electron chi connectivity index (χ2n) is 3.08. The molecule has 7 heteroatoms. The van der Waals surface area contributed by atoms with Gasteiger partial charge in [-0.25, -0.2) is 4.79 Å². The fourth-order valence-corrected chi connectivity index (χ4v) is 1.37. The molecule has 84 valence electrons. The number of carbonyl (C=O) groups excluding carboxylic acids is 1. The first kappa shape index (κ1) is 11.3. The van der Waals surface area contributed by atoms with Crippen LogP contribution in [-0.4, -0.2) is 47.3 Å². The van der Waals surface area contributed by atoms with Gasteiger partial charge >= 0.3 is 6.03 Å². The van der Waals surface area contributed by atoms with Crippen LogP contribution in [0.5, 0.6) is 0 Å². The van der Waals surface area contributed by atoms with Gasteiger partial charge < -0.3 is 16.4 Å². The van der Waals surface area contributed by atoms with Gasteiger partial charge in [-0.1, -0.05) is 0 Å². The van der Waals surface area contributed by atoms with Crippen LogP contribution in [0.3, 0.4) is 0 Å². The Balaban J connectivity index is 2.86. The lowest BCUT2D eigenvalue weighted by Gasteiger charge is -2.13. The maximum absolute atomic E-state index is 11.7. The molecule has 0 aromatic heterocycles. The van der Waals surface area contributed by atoms with E-state index in [0.717, 1.165) is 0 Å². The summed E-state index contributed by atoms with van der Waals surface area (Å²) in [6.07, 6.45) is 0. The Hall–Kier alpha value is -1.79. The van der Waals surface area contributed by atoms with Gasteiger partial charge in [0.15, 0.2) is 5.84 Å². The van der Waals surface area contributed by atoms with Crippen molar-refractivity contribution in [1.29, 1.82) is 0 Å². The monoisotopic (exact) mass is 212 g/mol. The lowest BCUT2D eigenvalue weighted by Crippen LogP contribution is -2.32. The number of hydrogen-bond acceptors (Lipinski definition) is 3. The molecule has 1 aliphatic rings. The second-order valence-corrected chi connectivity index (χ2v) is 3.08. The molecule has 2 amide bonds. The Morgan fingerprint density at radius 2 is 2.07 bits per heavy atom. The summed E-state index contributed by atoms with van der Waals surface area (Å²) in [5, 5.41) is 7.39. The smallest absolute Gasteiger partial charge is 0.325 e. The van der Waals surface area contributed by atoms with Crippen LogP contribution in [0.15, 0.2) is 10.2 Å². The first-order valence-corrected chi connectivity index (χ1v) is 4.82. The molecular formula is C8H16N6O. The lowest BCUT2D eigenvalue weighted by molar-refractivity contribution is 0.199. The van der Waals surface area contributed by atoms with Crippen LogP contribution in [0.4, 0.5) is 4.79 Å². The molecule has 0 unspecified atom stereocenters. The predicted octanol–water partition coefficient (Wildman–Crippen LogP) is -0.649. The van der Waals surface area contributed by atoms with Crippen LogP contribution in [0.2, 0.25) is 0 Å². The summed E-state index contributed by atoms with van der Waals surface area (Å²) in [4.78, 5) is 14.9. The number of amidine groups is 1. The summed E-state index contributed by atoms with van der Waals surface area (Å²) in [5.41, 5.74) is 10.3. The van der Waals surface area contributed by atoms with E-state index in [1.165, 1.54) is 0 Å². The number of urea groups is 1. The highest BCUT2D eigenvalue weighted by molar-refractivity contribution is 6.04. The Morgan fingerprint density at radius 3 is 2.53 bits per heavy atom. The van der Waals surface area contributed by atoms with Crippen molar-refractivity contribution in [3.63, 3.8) is 0 Å². The number of rotatable bonds is 3. The zero-order chi connectivity index (χ0) is 11.4. The van der Waals surface area contributed by atoms with Crippen molar-refractivity contribution in [3.05, 3.63) is 0 Å². The maximum atomic E-state index is 11.7.